The zero-order valence-corrected chi connectivity index (χ0v) is 11.3. The number of carboxylic acids is 1. The Hall–Kier alpha value is -1.88. The Kier molecular flexibility index (Phi) is 3.01. The predicted molar refractivity (Wildman–Crippen MR) is 73.0 cm³/mol. The molecule has 0 spiro atoms. The van der Waals surface area contributed by atoms with Crippen LogP contribution in [0.15, 0.2) is 18.2 Å². The van der Waals surface area contributed by atoms with Gasteiger partial charge in [0.25, 0.3) is 0 Å². The second kappa shape index (κ2) is 4.59. The van der Waals surface area contributed by atoms with Crippen molar-refractivity contribution in [2.24, 2.45) is 5.73 Å². The van der Waals surface area contributed by atoms with Crippen molar-refractivity contribution in [1.29, 1.82) is 0 Å². The Morgan fingerprint density at radius 2 is 1.80 bits per heavy atom. The van der Waals surface area contributed by atoms with Gasteiger partial charge in [-0.15, -0.1) is 0 Å². The first-order valence-corrected chi connectivity index (χ1v) is 6.93. The molecule has 1 aromatic rings. The molecule has 0 radical (unpaired) electrons. The van der Waals surface area contributed by atoms with Crippen molar-refractivity contribution in [3.63, 3.8) is 0 Å². The maximum Gasteiger partial charge on any atom is 0.335 e. The molecule has 1 aliphatic carbocycles. The molecule has 20 heavy (non-hydrogen) atoms. The fourth-order valence-corrected chi connectivity index (χ4v) is 3.21. The lowest BCUT2D eigenvalue weighted by Gasteiger charge is -2.28. The molecule has 3 N–H and O–H groups in total. The topological polar surface area (TPSA) is 83.6 Å². The van der Waals surface area contributed by atoms with Crippen molar-refractivity contribution in [3.8, 4) is 0 Å². The Labute approximate surface area is 117 Å². The molecule has 1 aliphatic heterocycles. The van der Waals surface area contributed by atoms with E-state index in [1.807, 2.05) is 0 Å². The van der Waals surface area contributed by atoms with Crippen LogP contribution in [0.25, 0.3) is 0 Å². The molecule has 2 aliphatic rings. The van der Waals surface area contributed by atoms with Gasteiger partial charge in [0.2, 0.25) is 5.91 Å². The van der Waals surface area contributed by atoms with E-state index in [4.69, 9.17) is 10.8 Å². The van der Waals surface area contributed by atoms with Crippen molar-refractivity contribution in [2.45, 2.75) is 44.3 Å². The van der Waals surface area contributed by atoms with Crippen molar-refractivity contribution in [1.82, 2.24) is 4.90 Å². The number of carboxylic acid groups (broad SMARTS) is 1. The Morgan fingerprint density at radius 3 is 2.45 bits per heavy atom. The van der Waals surface area contributed by atoms with Crippen LogP contribution in [0.1, 0.15) is 47.2 Å². The number of benzene rings is 1. The van der Waals surface area contributed by atoms with Crippen LogP contribution in [0, 0.1) is 0 Å². The predicted octanol–water partition coefficient (Wildman–Crippen LogP) is 1.50. The third-order valence-electron chi connectivity index (χ3n) is 4.38. The van der Waals surface area contributed by atoms with Gasteiger partial charge in [0.15, 0.2) is 0 Å². The largest absolute Gasteiger partial charge is 0.478 e. The van der Waals surface area contributed by atoms with Gasteiger partial charge >= 0.3 is 5.97 Å². The molecule has 0 unspecified atom stereocenters. The van der Waals surface area contributed by atoms with E-state index in [1.54, 1.807) is 23.1 Å². The van der Waals surface area contributed by atoms with E-state index in [0.717, 1.165) is 36.8 Å². The summed E-state index contributed by atoms with van der Waals surface area (Å²) >= 11 is 0. The van der Waals surface area contributed by atoms with E-state index in [-0.39, 0.29) is 11.5 Å². The number of nitrogens with two attached hydrogens (primary N) is 1. The average molecular weight is 274 g/mol. The Morgan fingerprint density at radius 1 is 1.15 bits per heavy atom. The Bertz CT molecular complexity index is 576. The number of nitrogens with zero attached hydrogens (tertiary/aromatic N) is 1. The van der Waals surface area contributed by atoms with Crippen molar-refractivity contribution in [3.05, 3.63) is 34.9 Å². The quantitative estimate of drug-likeness (QED) is 0.856. The van der Waals surface area contributed by atoms with Gasteiger partial charge in [-0.3, -0.25) is 4.79 Å². The van der Waals surface area contributed by atoms with Crippen LogP contribution in [0.5, 0.6) is 0 Å². The van der Waals surface area contributed by atoms with Crippen LogP contribution < -0.4 is 5.73 Å². The zero-order valence-electron chi connectivity index (χ0n) is 11.3. The van der Waals surface area contributed by atoms with Crippen LogP contribution in [-0.4, -0.2) is 27.4 Å². The van der Waals surface area contributed by atoms with Crippen LogP contribution >= 0.6 is 0 Å². The molecular formula is C15H18N2O3. The van der Waals surface area contributed by atoms with Crippen molar-refractivity contribution in [2.75, 3.05) is 0 Å². The third-order valence-corrected chi connectivity index (χ3v) is 4.38. The summed E-state index contributed by atoms with van der Waals surface area (Å²) in [7, 11) is 0. The van der Waals surface area contributed by atoms with E-state index >= 15 is 0 Å². The summed E-state index contributed by atoms with van der Waals surface area (Å²) in [5.74, 6) is -0.938. The van der Waals surface area contributed by atoms with Gasteiger partial charge in [-0.1, -0.05) is 18.9 Å². The summed E-state index contributed by atoms with van der Waals surface area (Å²) in [6, 6.07) is 5.04. The van der Waals surface area contributed by atoms with E-state index in [0.29, 0.717) is 13.1 Å². The average Bonchev–Trinajstić information content (AvgIpc) is 3.03. The van der Waals surface area contributed by atoms with E-state index in [1.165, 1.54) is 0 Å². The molecule has 5 nitrogen and oxygen atoms in total. The SMILES string of the molecule is NC1(C(=O)N2Cc3ccc(C(=O)O)cc3C2)CCCC1. The molecule has 5 heteroatoms. The highest BCUT2D eigenvalue weighted by atomic mass is 16.4. The first kappa shape index (κ1) is 13.1. The van der Waals surface area contributed by atoms with Crippen molar-refractivity contribution < 1.29 is 14.7 Å². The second-order valence-electron chi connectivity index (χ2n) is 5.81. The smallest absolute Gasteiger partial charge is 0.335 e. The summed E-state index contributed by atoms with van der Waals surface area (Å²) in [4.78, 5) is 25.3. The summed E-state index contributed by atoms with van der Waals surface area (Å²) in [5, 5.41) is 9.00. The van der Waals surface area contributed by atoms with Gasteiger partial charge in [-0.05, 0) is 36.1 Å². The van der Waals surface area contributed by atoms with Gasteiger partial charge in [-0.25, -0.2) is 4.79 Å². The number of fused-ring (bicyclic) bond motifs is 1. The number of aromatic carboxylic acids is 1. The molecular weight excluding hydrogens is 256 g/mol. The maximum atomic E-state index is 12.5. The summed E-state index contributed by atoms with van der Waals surface area (Å²) in [5.41, 5.74) is 7.70. The van der Waals surface area contributed by atoms with Gasteiger partial charge in [-0.2, -0.15) is 0 Å². The molecule has 0 saturated heterocycles. The summed E-state index contributed by atoms with van der Waals surface area (Å²) < 4.78 is 0. The fraction of sp³-hybridized carbons (Fsp3) is 0.467. The summed E-state index contributed by atoms with van der Waals surface area (Å²) in [6.45, 7) is 1.00. The molecule has 0 bridgehead atoms. The number of rotatable bonds is 2. The van der Waals surface area contributed by atoms with E-state index in [2.05, 4.69) is 0 Å². The van der Waals surface area contributed by atoms with Crippen LogP contribution in [0.3, 0.4) is 0 Å². The van der Waals surface area contributed by atoms with Gasteiger partial charge in [0, 0.05) is 13.1 Å². The molecule has 1 saturated carbocycles. The molecule has 1 heterocycles. The van der Waals surface area contributed by atoms with Crippen molar-refractivity contribution >= 4 is 11.9 Å². The fourth-order valence-electron chi connectivity index (χ4n) is 3.21. The highest BCUT2D eigenvalue weighted by molar-refractivity contribution is 5.89. The monoisotopic (exact) mass is 274 g/mol. The lowest BCUT2D eigenvalue weighted by Crippen LogP contribution is -2.52. The number of carbonyl (C=O) groups excluding carboxylic acids is 1. The molecule has 3 rings (SSSR count). The molecule has 1 aromatic carbocycles. The molecule has 0 aromatic heterocycles. The number of hydrogen-bond acceptors (Lipinski definition) is 3. The minimum Gasteiger partial charge on any atom is -0.478 e. The lowest BCUT2D eigenvalue weighted by atomic mass is 9.97. The van der Waals surface area contributed by atoms with E-state index < -0.39 is 11.5 Å². The second-order valence-corrected chi connectivity index (χ2v) is 5.81. The van der Waals surface area contributed by atoms with Gasteiger partial charge in [0.05, 0.1) is 11.1 Å². The number of amides is 1. The molecule has 106 valence electrons. The number of carbonyl (C=O) groups is 2. The van der Waals surface area contributed by atoms with Gasteiger partial charge < -0.3 is 15.7 Å². The minimum absolute atomic E-state index is 0.00285. The van der Waals surface area contributed by atoms with Crippen LogP contribution in [-0.2, 0) is 17.9 Å². The molecule has 1 amide bonds. The van der Waals surface area contributed by atoms with Crippen LogP contribution in [0.2, 0.25) is 0 Å². The van der Waals surface area contributed by atoms with Gasteiger partial charge in [0.1, 0.15) is 0 Å². The highest BCUT2D eigenvalue weighted by Gasteiger charge is 2.41. The zero-order chi connectivity index (χ0) is 14.3. The molecule has 0 atom stereocenters. The lowest BCUT2D eigenvalue weighted by molar-refractivity contribution is -0.137. The standard InChI is InChI=1S/C15H18N2O3/c16-15(5-1-2-6-15)14(20)17-8-11-4-3-10(13(18)19)7-12(11)9-17/h3-4,7H,1-2,5-6,8-9,16H2,(H,18,19). The minimum atomic E-state index is -0.941. The third kappa shape index (κ3) is 2.08. The van der Waals surface area contributed by atoms with Crippen LogP contribution in [0.4, 0.5) is 0 Å². The highest BCUT2D eigenvalue weighted by Crippen LogP contribution is 2.32. The summed E-state index contributed by atoms with van der Waals surface area (Å²) in [6.07, 6.45) is 3.51. The van der Waals surface area contributed by atoms with E-state index in [9.17, 15) is 9.59 Å². The Balaban J connectivity index is 1.80. The molecule has 1 fully saturated rings. The first-order valence-electron chi connectivity index (χ1n) is 6.93. The number of hydrogen-bond donors (Lipinski definition) is 2. The normalized spacial score (nSPS) is 19.9. The maximum absolute atomic E-state index is 12.5. The first-order chi connectivity index (χ1) is 9.49.